The van der Waals surface area contributed by atoms with Crippen molar-refractivity contribution in [2.24, 2.45) is 0 Å². The van der Waals surface area contributed by atoms with E-state index in [1.807, 2.05) is 25.9 Å². The summed E-state index contributed by atoms with van der Waals surface area (Å²) in [5.41, 5.74) is 0. The molecule has 0 atom stereocenters. The molecule has 0 bridgehead atoms. The predicted molar refractivity (Wildman–Crippen MR) is 55.7 cm³/mol. The van der Waals surface area contributed by atoms with Crippen molar-refractivity contribution in [3.05, 3.63) is 0 Å². The monoisotopic (exact) mass is 186 g/mol. The second-order valence-corrected chi connectivity index (χ2v) is 3.54. The van der Waals surface area contributed by atoms with Crippen LogP contribution in [0.5, 0.6) is 0 Å². The Balaban J connectivity index is 3.86. The van der Waals surface area contributed by atoms with Gasteiger partial charge in [0.1, 0.15) is 0 Å². The molecule has 0 unspecified atom stereocenters. The molecule has 0 saturated heterocycles. The molecule has 3 nitrogen and oxygen atoms in total. The lowest BCUT2D eigenvalue weighted by Gasteiger charge is -2.23. The van der Waals surface area contributed by atoms with Gasteiger partial charge in [0.15, 0.2) is 0 Å². The highest BCUT2D eigenvalue weighted by atomic mass is 16.2. The molecule has 0 heterocycles. The first kappa shape index (κ1) is 12.4. The first-order valence-corrected chi connectivity index (χ1v) is 5.04. The molecule has 78 valence electrons. The normalized spacial score (nSPS) is 10.5. The van der Waals surface area contributed by atoms with Crippen LogP contribution in [-0.2, 0) is 4.79 Å². The lowest BCUT2D eigenvalue weighted by Crippen LogP contribution is -2.36. The molecule has 1 amide bonds. The minimum Gasteiger partial charge on any atom is -0.341 e. The second-order valence-electron chi connectivity index (χ2n) is 3.54. The van der Waals surface area contributed by atoms with E-state index in [2.05, 4.69) is 11.8 Å². The highest BCUT2D eigenvalue weighted by Gasteiger charge is 2.09. The van der Waals surface area contributed by atoms with Gasteiger partial charge in [0, 0.05) is 26.1 Å². The van der Waals surface area contributed by atoms with Crippen molar-refractivity contribution in [2.45, 2.75) is 26.7 Å². The molecule has 3 heteroatoms. The molecule has 0 aliphatic rings. The summed E-state index contributed by atoms with van der Waals surface area (Å²) < 4.78 is 0. The second kappa shape index (κ2) is 6.89. The topological polar surface area (TPSA) is 23.6 Å². The minimum atomic E-state index is 0.267. The number of likely N-dealkylation sites (N-methyl/N-ethyl adjacent to an activating group) is 1. The van der Waals surface area contributed by atoms with Crippen LogP contribution in [0.15, 0.2) is 0 Å². The third kappa shape index (κ3) is 5.64. The number of hydrogen-bond acceptors (Lipinski definition) is 2. The highest BCUT2D eigenvalue weighted by Crippen LogP contribution is 1.96. The maximum absolute atomic E-state index is 11.4. The van der Waals surface area contributed by atoms with E-state index >= 15 is 0 Å². The molecule has 0 spiro atoms. The first-order chi connectivity index (χ1) is 6.11. The van der Waals surface area contributed by atoms with Gasteiger partial charge in [-0.2, -0.15) is 0 Å². The molecule has 0 saturated carbocycles. The predicted octanol–water partition coefficient (Wildman–Crippen LogP) is 1.20. The Hall–Kier alpha value is -0.570. The van der Waals surface area contributed by atoms with Crippen molar-refractivity contribution in [1.29, 1.82) is 0 Å². The summed E-state index contributed by atoms with van der Waals surface area (Å²) in [7, 11) is 4.06. The van der Waals surface area contributed by atoms with Crippen LogP contribution in [0.2, 0.25) is 0 Å². The van der Waals surface area contributed by atoms with Crippen LogP contribution in [0.25, 0.3) is 0 Å². The van der Waals surface area contributed by atoms with Gasteiger partial charge in [-0.25, -0.2) is 0 Å². The Morgan fingerprint density at radius 2 is 1.69 bits per heavy atom. The van der Waals surface area contributed by atoms with Crippen molar-refractivity contribution >= 4 is 5.91 Å². The number of rotatable bonds is 6. The zero-order chi connectivity index (χ0) is 10.3. The molecule has 0 rings (SSSR count). The van der Waals surface area contributed by atoms with Gasteiger partial charge in [0.2, 0.25) is 5.91 Å². The van der Waals surface area contributed by atoms with Gasteiger partial charge in [-0.1, -0.05) is 13.8 Å². The maximum Gasteiger partial charge on any atom is 0.222 e. The summed E-state index contributed by atoms with van der Waals surface area (Å²) in [5, 5.41) is 0. The van der Waals surface area contributed by atoms with Crippen LogP contribution >= 0.6 is 0 Å². The van der Waals surface area contributed by atoms with Crippen LogP contribution in [-0.4, -0.2) is 49.4 Å². The van der Waals surface area contributed by atoms with Crippen LogP contribution < -0.4 is 0 Å². The third-order valence-corrected chi connectivity index (χ3v) is 1.97. The summed E-state index contributed by atoms with van der Waals surface area (Å²) in [4.78, 5) is 15.5. The van der Waals surface area contributed by atoms with Gasteiger partial charge in [-0.15, -0.1) is 0 Å². The fourth-order valence-corrected chi connectivity index (χ4v) is 1.18. The zero-order valence-corrected chi connectivity index (χ0v) is 9.34. The smallest absolute Gasteiger partial charge is 0.222 e. The van der Waals surface area contributed by atoms with Gasteiger partial charge >= 0.3 is 0 Å². The van der Waals surface area contributed by atoms with Gasteiger partial charge in [0.25, 0.3) is 0 Å². The highest BCUT2D eigenvalue weighted by molar-refractivity contribution is 5.75. The minimum absolute atomic E-state index is 0.267. The summed E-state index contributed by atoms with van der Waals surface area (Å²) >= 11 is 0. The molecular weight excluding hydrogens is 164 g/mol. The average molecular weight is 186 g/mol. The number of nitrogens with zero attached hydrogens (tertiary/aromatic N) is 2. The van der Waals surface area contributed by atoms with Crippen LogP contribution in [0.4, 0.5) is 0 Å². The van der Waals surface area contributed by atoms with Gasteiger partial charge in [-0.3, -0.25) is 4.79 Å². The summed E-state index contributed by atoms with van der Waals surface area (Å²) in [6.07, 6.45) is 1.66. The number of carbonyl (C=O) groups excluding carboxylic acids is 1. The van der Waals surface area contributed by atoms with Crippen molar-refractivity contribution in [2.75, 3.05) is 33.7 Å². The quantitative estimate of drug-likeness (QED) is 0.622. The summed E-state index contributed by atoms with van der Waals surface area (Å²) in [5.74, 6) is 0.267. The SMILES string of the molecule is CCCN(CCN(C)C)C(=O)CC. The van der Waals surface area contributed by atoms with Gasteiger partial charge in [0.05, 0.1) is 0 Å². The van der Waals surface area contributed by atoms with Crippen LogP contribution in [0, 0.1) is 0 Å². The average Bonchev–Trinajstić information content (AvgIpc) is 2.10. The molecule has 0 fully saturated rings. The van der Waals surface area contributed by atoms with E-state index < -0.39 is 0 Å². The Kier molecular flexibility index (Phi) is 6.59. The zero-order valence-electron chi connectivity index (χ0n) is 9.34. The van der Waals surface area contributed by atoms with E-state index in [1.54, 1.807) is 0 Å². The van der Waals surface area contributed by atoms with Gasteiger partial charge < -0.3 is 9.80 Å². The molecule has 0 aliphatic heterocycles. The van der Waals surface area contributed by atoms with Crippen LogP contribution in [0.3, 0.4) is 0 Å². The van der Waals surface area contributed by atoms with E-state index in [0.29, 0.717) is 6.42 Å². The number of amides is 1. The molecule has 0 aromatic heterocycles. The van der Waals surface area contributed by atoms with Crippen LogP contribution in [0.1, 0.15) is 26.7 Å². The Bertz CT molecular complexity index is 146. The molecular formula is C10H22N2O. The van der Waals surface area contributed by atoms with Gasteiger partial charge in [-0.05, 0) is 20.5 Å². The lowest BCUT2D eigenvalue weighted by atomic mass is 10.3. The Morgan fingerprint density at radius 3 is 2.08 bits per heavy atom. The summed E-state index contributed by atoms with van der Waals surface area (Å²) in [6.45, 7) is 6.71. The lowest BCUT2D eigenvalue weighted by molar-refractivity contribution is -0.131. The Labute approximate surface area is 81.7 Å². The van der Waals surface area contributed by atoms with E-state index in [9.17, 15) is 4.79 Å². The fourth-order valence-electron chi connectivity index (χ4n) is 1.18. The third-order valence-electron chi connectivity index (χ3n) is 1.97. The van der Waals surface area contributed by atoms with Crippen molar-refractivity contribution < 1.29 is 4.79 Å². The largest absolute Gasteiger partial charge is 0.341 e. The van der Waals surface area contributed by atoms with Crippen molar-refractivity contribution in [1.82, 2.24) is 9.80 Å². The number of hydrogen-bond donors (Lipinski definition) is 0. The molecule has 0 aromatic rings. The van der Waals surface area contributed by atoms with Crippen molar-refractivity contribution in [3.63, 3.8) is 0 Å². The summed E-state index contributed by atoms with van der Waals surface area (Å²) in [6, 6.07) is 0. The molecule has 0 radical (unpaired) electrons. The maximum atomic E-state index is 11.4. The standard InChI is InChI=1S/C10H22N2O/c1-5-7-12(10(13)6-2)9-8-11(3)4/h5-9H2,1-4H3. The molecule has 0 aliphatic carbocycles. The van der Waals surface area contributed by atoms with E-state index in [1.165, 1.54) is 0 Å². The number of carbonyl (C=O) groups is 1. The van der Waals surface area contributed by atoms with Crippen molar-refractivity contribution in [3.8, 4) is 0 Å². The van der Waals surface area contributed by atoms with E-state index in [4.69, 9.17) is 0 Å². The molecule has 13 heavy (non-hydrogen) atoms. The molecule has 0 aromatic carbocycles. The first-order valence-electron chi connectivity index (χ1n) is 5.04. The Morgan fingerprint density at radius 1 is 1.08 bits per heavy atom. The molecule has 0 N–H and O–H groups in total. The van der Waals surface area contributed by atoms with E-state index in [0.717, 1.165) is 26.1 Å². The van der Waals surface area contributed by atoms with E-state index in [-0.39, 0.29) is 5.91 Å². The fraction of sp³-hybridized carbons (Fsp3) is 0.900.